The summed E-state index contributed by atoms with van der Waals surface area (Å²) < 4.78 is 17.2. The van der Waals surface area contributed by atoms with Crippen LogP contribution in [0.15, 0.2) is 24.3 Å². The number of ether oxygens (including phenoxy) is 1. The molecule has 0 bridgehead atoms. The monoisotopic (exact) mass is 224 g/mol. The van der Waals surface area contributed by atoms with E-state index in [0.29, 0.717) is 5.69 Å². The largest absolute Gasteiger partial charge is 0.447 e. The molecule has 1 unspecified atom stereocenters. The lowest BCUT2D eigenvalue weighted by Crippen LogP contribution is -2.38. The summed E-state index contributed by atoms with van der Waals surface area (Å²) in [5.41, 5.74) is 0.465. The highest BCUT2D eigenvalue weighted by atomic mass is 19.1. The number of rotatable bonds is 2. The molecule has 84 valence electrons. The van der Waals surface area contributed by atoms with E-state index in [2.05, 4.69) is 15.4 Å². The Bertz CT molecular complexity index is 419. The number of hydrogen-bond acceptors (Lipinski definition) is 3. The van der Waals surface area contributed by atoms with Gasteiger partial charge in [-0.1, -0.05) is 0 Å². The van der Waals surface area contributed by atoms with Crippen LogP contribution >= 0.6 is 0 Å². The first-order valence-corrected chi connectivity index (χ1v) is 4.65. The van der Waals surface area contributed by atoms with Crippen molar-refractivity contribution in [1.82, 2.24) is 5.32 Å². The molecule has 16 heavy (non-hydrogen) atoms. The third-order valence-corrected chi connectivity index (χ3v) is 2.10. The summed E-state index contributed by atoms with van der Waals surface area (Å²) in [5.74, 6) is -0.770. The third-order valence-electron chi connectivity index (χ3n) is 2.10. The van der Waals surface area contributed by atoms with Gasteiger partial charge in [0.1, 0.15) is 18.5 Å². The first-order chi connectivity index (χ1) is 7.65. The lowest BCUT2D eigenvalue weighted by Gasteiger charge is -2.08. The molecule has 0 aliphatic carbocycles. The lowest BCUT2D eigenvalue weighted by molar-refractivity contribution is -0.117. The average molecular weight is 224 g/mol. The van der Waals surface area contributed by atoms with Crippen molar-refractivity contribution in [2.75, 3.05) is 11.9 Å². The van der Waals surface area contributed by atoms with Crippen LogP contribution in [0.25, 0.3) is 0 Å². The molecule has 1 aliphatic rings. The first kappa shape index (κ1) is 10.4. The van der Waals surface area contributed by atoms with E-state index >= 15 is 0 Å². The second kappa shape index (κ2) is 4.18. The minimum atomic E-state index is -0.697. The maximum Gasteiger partial charge on any atom is 0.407 e. The van der Waals surface area contributed by atoms with Gasteiger partial charge in [-0.2, -0.15) is 0 Å². The zero-order chi connectivity index (χ0) is 11.5. The molecule has 6 heteroatoms. The summed E-state index contributed by atoms with van der Waals surface area (Å²) in [6.45, 7) is 0.00581. The molecule has 2 N–H and O–H groups in total. The second-order valence-corrected chi connectivity index (χ2v) is 3.29. The van der Waals surface area contributed by atoms with Crippen molar-refractivity contribution < 1.29 is 18.7 Å². The SMILES string of the molecule is O=C1NC(C(=O)Nc2ccc(F)cc2)CO1. The number of cyclic esters (lactones) is 1. The van der Waals surface area contributed by atoms with Crippen LogP contribution in [0.1, 0.15) is 0 Å². The van der Waals surface area contributed by atoms with Gasteiger partial charge in [-0.3, -0.25) is 4.79 Å². The fourth-order valence-electron chi connectivity index (χ4n) is 1.29. The Hall–Kier alpha value is -2.11. The number of carbonyl (C=O) groups excluding carboxylic acids is 2. The van der Waals surface area contributed by atoms with Gasteiger partial charge in [-0.05, 0) is 24.3 Å². The number of halogens is 1. The Morgan fingerprint density at radius 3 is 2.69 bits per heavy atom. The molecule has 2 amide bonds. The number of nitrogens with one attached hydrogen (secondary N) is 2. The zero-order valence-electron chi connectivity index (χ0n) is 8.20. The minimum absolute atomic E-state index is 0.00581. The molecule has 1 fully saturated rings. The maximum absolute atomic E-state index is 12.6. The van der Waals surface area contributed by atoms with Crippen LogP contribution in [0.5, 0.6) is 0 Å². The van der Waals surface area contributed by atoms with Crippen molar-refractivity contribution in [2.24, 2.45) is 0 Å². The van der Waals surface area contributed by atoms with Gasteiger partial charge >= 0.3 is 6.09 Å². The van der Waals surface area contributed by atoms with Crippen LogP contribution < -0.4 is 10.6 Å². The van der Waals surface area contributed by atoms with E-state index in [4.69, 9.17) is 0 Å². The van der Waals surface area contributed by atoms with Crippen molar-refractivity contribution in [3.05, 3.63) is 30.1 Å². The molecule has 0 radical (unpaired) electrons. The second-order valence-electron chi connectivity index (χ2n) is 3.29. The summed E-state index contributed by atoms with van der Waals surface area (Å²) in [6, 6.07) is 4.64. The molecular weight excluding hydrogens is 215 g/mol. The van der Waals surface area contributed by atoms with Crippen molar-refractivity contribution >= 4 is 17.7 Å². The molecule has 0 aromatic heterocycles. The predicted octanol–water partition coefficient (Wildman–Crippen LogP) is 0.873. The van der Waals surface area contributed by atoms with Crippen molar-refractivity contribution in [1.29, 1.82) is 0 Å². The number of benzene rings is 1. The molecule has 0 spiro atoms. The number of anilines is 1. The fourth-order valence-corrected chi connectivity index (χ4v) is 1.29. The number of hydrogen-bond donors (Lipinski definition) is 2. The van der Waals surface area contributed by atoms with Gasteiger partial charge in [0.05, 0.1) is 0 Å². The summed E-state index contributed by atoms with van der Waals surface area (Å²) in [4.78, 5) is 22.2. The lowest BCUT2D eigenvalue weighted by atomic mass is 10.2. The average Bonchev–Trinajstić information content (AvgIpc) is 2.68. The van der Waals surface area contributed by atoms with Crippen LogP contribution in [-0.4, -0.2) is 24.6 Å². The molecule has 5 nitrogen and oxygen atoms in total. The van der Waals surface area contributed by atoms with Gasteiger partial charge in [0, 0.05) is 5.69 Å². The Morgan fingerprint density at radius 1 is 1.44 bits per heavy atom. The van der Waals surface area contributed by atoms with Gasteiger partial charge in [0.2, 0.25) is 0 Å². The van der Waals surface area contributed by atoms with Crippen LogP contribution in [-0.2, 0) is 9.53 Å². The number of carbonyl (C=O) groups is 2. The third kappa shape index (κ3) is 2.28. The maximum atomic E-state index is 12.6. The Kier molecular flexibility index (Phi) is 2.72. The molecule has 2 rings (SSSR count). The van der Waals surface area contributed by atoms with E-state index in [1.165, 1.54) is 24.3 Å². The Balaban J connectivity index is 1.97. The molecule has 1 aliphatic heterocycles. The highest BCUT2D eigenvalue weighted by molar-refractivity contribution is 5.97. The van der Waals surface area contributed by atoms with Crippen LogP contribution in [0.2, 0.25) is 0 Å². The van der Waals surface area contributed by atoms with E-state index in [0.717, 1.165) is 0 Å². The number of amides is 2. The van der Waals surface area contributed by atoms with Gasteiger partial charge < -0.3 is 15.4 Å². The highest BCUT2D eigenvalue weighted by Gasteiger charge is 2.28. The smallest absolute Gasteiger partial charge is 0.407 e. The van der Waals surface area contributed by atoms with Crippen molar-refractivity contribution in [3.63, 3.8) is 0 Å². The summed E-state index contributed by atoms with van der Waals surface area (Å²) >= 11 is 0. The Morgan fingerprint density at radius 2 is 2.12 bits per heavy atom. The molecule has 1 heterocycles. The molecule has 1 aromatic carbocycles. The quantitative estimate of drug-likeness (QED) is 0.783. The zero-order valence-corrected chi connectivity index (χ0v) is 8.20. The highest BCUT2D eigenvalue weighted by Crippen LogP contribution is 2.09. The van der Waals surface area contributed by atoms with E-state index in [1.807, 2.05) is 0 Å². The normalized spacial score (nSPS) is 18.8. The van der Waals surface area contributed by atoms with Crippen LogP contribution in [0.3, 0.4) is 0 Å². The Labute approximate surface area is 90.6 Å². The predicted molar refractivity (Wildman–Crippen MR) is 53.3 cm³/mol. The van der Waals surface area contributed by atoms with Gasteiger partial charge in [0.25, 0.3) is 5.91 Å². The van der Waals surface area contributed by atoms with Gasteiger partial charge in [-0.15, -0.1) is 0 Å². The molecule has 0 saturated carbocycles. The topological polar surface area (TPSA) is 67.4 Å². The van der Waals surface area contributed by atoms with E-state index < -0.39 is 18.0 Å². The molecule has 1 saturated heterocycles. The minimum Gasteiger partial charge on any atom is -0.447 e. The molecule has 1 aromatic rings. The summed E-state index contributed by atoms with van der Waals surface area (Å²) in [7, 11) is 0. The molecule has 1 atom stereocenters. The summed E-state index contributed by atoms with van der Waals surface area (Å²) in [5, 5.41) is 4.87. The molecular formula is C10H9FN2O3. The van der Waals surface area contributed by atoms with Crippen LogP contribution in [0, 0.1) is 5.82 Å². The van der Waals surface area contributed by atoms with Gasteiger partial charge in [-0.25, -0.2) is 9.18 Å². The van der Waals surface area contributed by atoms with Crippen molar-refractivity contribution in [2.45, 2.75) is 6.04 Å². The van der Waals surface area contributed by atoms with Gasteiger partial charge in [0.15, 0.2) is 0 Å². The van der Waals surface area contributed by atoms with E-state index in [1.54, 1.807) is 0 Å². The van der Waals surface area contributed by atoms with Crippen LogP contribution in [0.4, 0.5) is 14.9 Å². The summed E-state index contributed by atoms with van der Waals surface area (Å²) in [6.07, 6.45) is -0.612. The number of alkyl carbamates (subject to hydrolysis) is 1. The first-order valence-electron chi connectivity index (χ1n) is 4.65. The standard InChI is InChI=1S/C10H9FN2O3/c11-6-1-3-7(4-2-6)12-9(14)8-5-16-10(15)13-8/h1-4,8H,5H2,(H,12,14)(H,13,15). The fraction of sp³-hybridized carbons (Fsp3) is 0.200. The van der Waals surface area contributed by atoms with E-state index in [9.17, 15) is 14.0 Å². The van der Waals surface area contributed by atoms with Crippen molar-refractivity contribution in [3.8, 4) is 0 Å². The van der Waals surface area contributed by atoms with E-state index in [-0.39, 0.29) is 12.4 Å².